The highest BCUT2D eigenvalue weighted by molar-refractivity contribution is 5.22. The molecule has 0 aromatic heterocycles. The van der Waals surface area contributed by atoms with Gasteiger partial charge in [0.05, 0.1) is 0 Å². The molecule has 0 N–H and O–H groups in total. The standard InChI is InChI=1S/C11H13O2/c1-9(2)8-11(12-13-11)10-6-4-3-5-7-10/h3-7H,8H2,1-2H3. The van der Waals surface area contributed by atoms with Crippen LogP contribution in [0.1, 0.15) is 25.8 Å². The van der Waals surface area contributed by atoms with E-state index >= 15 is 0 Å². The predicted molar refractivity (Wildman–Crippen MR) is 49.5 cm³/mol. The number of hydrogen-bond acceptors (Lipinski definition) is 2. The van der Waals surface area contributed by atoms with Gasteiger partial charge in [0.15, 0.2) is 0 Å². The summed E-state index contributed by atoms with van der Waals surface area (Å²) in [4.78, 5) is 10.1. The van der Waals surface area contributed by atoms with Crippen LogP contribution in [-0.2, 0) is 15.6 Å². The Kier molecular flexibility index (Phi) is 2.10. The van der Waals surface area contributed by atoms with E-state index in [0.717, 1.165) is 12.0 Å². The quantitative estimate of drug-likeness (QED) is 0.524. The minimum Gasteiger partial charge on any atom is -0.189 e. The molecule has 1 heterocycles. The van der Waals surface area contributed by atoms with Gasteiger partial charge in [-0.2, -0.15) is 9.78 Å². The summed E-state index contributed by atoms with van der Waals surface area (Å²) in [5.41, 5.74) is 1.09. The highest BCUT2D eigenvalue weighted by Crippen LogP contribution is 2.46. The van der Waals surface area contributed by atoms with E-state index in [1.54, 1.807) is 0 Å². The Morgan fingerprint density at radius 3 is 2.23 bits per heavy atom. The van der Waals surface area contributed by atoms with Gasteiger partial charge in [-0.1, -0.05) is 44.2 Å². The molecule has 1 aromatic carbocycles. The fourth-order valence-electron chi connectivity index (χ4n) is 1.47. The smallest absolute Gasteiger partial charge is 0.189 e. The molecule has 1 saturated heterocycles. The maximum Gasteiger partial charge on any atom is 0.259 e. The summed E-state index contributed by atoms with van der Waals surface area (Å²) in [6, 6.07) is 10.0. The van der Waals surface area contributed by atoms with E-state index in [1.807, 2.05) is 30.3 Å². The molecule has 1 aromatic rings. The monoisotopic (exact) mass is 177 g/mol. The summed E-state index contributed by atoms with van der Waals surface area (Å²) in [5.74, 6) is 0.835. The fourth-order valence-corrected chi connectivity index (χ4v) is 1.47. The van der Waals surface area contributed by atoms with E-state index in [1.165, 1.54) is 5.92 Å². The Labute approximate surface area is 78.4 Å². The van der Waals surface area contributed by atoms with Crippen molar-refractivity contribution in [3.05, 3.63) is 41.8 Å². The molecule has 0 saturated carbocycles. The molecule has 2 heteroatoms. The molecule has 1 aliphatic rings. The van der Waals surface area contributed by atoms with E-state index in [4.69, 9.17) is 9.78 Å². The van der Waals surface area contributed by atoms with Crippen LogP contribution in [0, 0.1) is 5.92 Å². The van der Waals surface area contributed by atoms with Crippen LogP contribution in [0.3, 0.4) is 0 Å². The number of hydrogen-bond donors (Lipinski definition) is 0. The van der Waals surface area contributed by atoms with Crippen molar-refractivity contribution in [1.82, 2.24) is 0 Å². The topological polar surface area (TPSA) is 25.1 Å². The molecule has 0 unspecified atom stereocenters. The molecule has 1 aliphatic heterocycles. The Morgan fingerprint density at radius 1 is 1.15 bits per heavy atom. The normalized spacial score (nSPS) is 19.0. The molecule has 69 valence electrons. The van der Waals surface area contributed by atoms with Gasteiger partial charge in [0.2, 0.25) is 0 Å². The lowest BCUT2D eigenvalue weighted by Gasteiger charge is -2.09. The van der Waals surface area contributed by atoms with E-state index < -0.39 is 5.79 Å². The SMILES string of the molecule is C[C](C)CC1(c2ccccc2)OO1. The first-order valence-electron chi connectivity index (χ1n) is 4.44. The van der Waals surface area contributed by atoms with Crippen molar-refractivity contribution in [1.29, 1.82) is 0 Å². The zero-order valence-electron chi connectivity index (χ0n) is 7.91. The third-order valence-corrected chi connectivity index (χ3v) is 2.08. The maximum atomic E-state index is 5.07. The van der Waals surface area contributed by atoms with Gasteiger partial charge in [-0.05, 0) is 5.92 Å². The van der Waals surface area contributed by atoms with Gasteiger partial charge < -0.3 is 0 Å². The maximum absolute atomic E-state index is 5.07. The second kappa shape index (κ2) is 3.13. The molecule has 2 rings (SSSR count). The van der Waals surface area contributed by atoms with E-state index in [0.29, 0.717) is 0 Å². The van der Waals surface area contributed by atoms with Gasteiger partial charge in [0, 0.05) is 12.0 Å². The summed E-state index contributed by atoms with van der Waals surface area (Å²) in [6.45, 7) is 4.16. The second-order valence-corrected chi connectivity index (χ2v) is 3.67. The molecule has 0 amide bonds. The van der Waals surface area contributed by atoms with Crippen molar-refractivity contribution in [2.45, 2.75) is 26.1 Å². The van der Waals surface area contributed by atoms with E-state index in [2.05, 4.69) is 13.8 Å². The van der Waals surface area contributed by atoms with Gasteiger partial charge in [-0.3, -0.25) is 0 Å². The van der Waals surface area contributed by atoms with Gasteiger partial charge in [-0.15, -0.1) is 0 Å². The second-order valence-electron chi connectivity index (χ2n) is 3.67. The Hall–Kier alpha value is -0.860. The lowest BCUT2D eigenvalue weighted by Crippen LogP contribution is -2.10. The first-order chi connectivity index (χ1) is 6.23. The van der Waals surface area contributed by atoms with Crippen LogP contribution in [-0.4, -0.2) is 0 Å². The van der Waals surface area contributed by atoms with Gasteiger partial charge >= 0.3 is 0 Å². The Bertz CT molecular complexity index is 275. The molecule has 1 fully saturated rings. The van der Waals surface area contributed by atoms with Crippen molar-refractivity contribution < 1.29 is 9.78 Å². The average molecular weight is 177 g/mol. The first-order valence-corrected chi connectivity index (χ1v) is 4.44. The number of rotatable bonds is 3. The number of benzene rings is 1. The Morgan fingerprint density at radius 2 is 1.77 bits per heavy atom. The van der Waals surface area contributed by atoms with Crippen LogP contribution in [0.5, 0.6) is 0 Å². The largest absolute Gasteiger partial charge is 0.259 e. The van der Waals surface area contributed by atoms with Crippen molar-refractivity contribution in [3.8, 4) is 0 Å². The van der Waals surface area contributed by atoms with Gasteiger partial charge in [-0.25, -0.2) is 0 Å². The lowest BCUT2D eigenvalue weighted by atomic mass is 9.97. The van der Waals surface area contributed by atoms with Crippen molar-refractivity contribution >= 4 is 0 Å². The van der Waals surface area contributed by atoms with Crippen molar-refractivity contribution in [2.24, 2.45) is 0 Å². The molecule has 2 nitrogen and oxygen atoms in total. The summed E-state index contributed by atoms with van der Waals surface area (Å²) >= 11 is 0. The van der Waals surface area contributed by atoms with Crippen LogP contribution in [0.4, 0.5) is 0 Å². The summed E-state index contributed by atoms with van der Waals surface area (Å²) in [6.07, 6.45) is 0.830. The van der Waals surface area contributed by atoms with Crippen LogP contribution in [0.25, 0.3) is 0 Å². The predicted octanol–water partition coefficient (Wildman–Crippen LogP) is 2.81. The summed E-state index contributed by atoms with van der Waals surface area (Å²) in [7, 11) is 0. The first kappa shape index (κ1) is 8.73. The molecular weight excluding hydrogens is 164 g/mol. The molecular formula is C11H13O2. The van der Waals surface area contributed by atoms with Crippen molar-refractivity contribution in [3.63, 3.8) is 0 Å². The molecule has 0 atom stereocenters. The molecule has 1 radical (unpaired) electrons. The zero-order chi connectivity index (χ0) is 9.31. The van der Waals surface area contributed by atoms with Crippen molar-refractivity contribution in [2.75, 3.05) is 0 Å². The van der Waals surface area contributed by atoms with Crippen LogP contribution in [0.2, 0.25) is 0 Å². The Balaban J connectivity index is 2.16. The molecule has 0 spiro atoms. The fraction of sp³-hybridized carbons (Fsp3) is 0.364. The van der Waals surface area contributed by atoms with Crippen LogP contribution >= 0.6 is 0 Å². The minimum absolute atomic E-state index is 0.472. The minimum atomic E-state index is -0.472. The summed E-state index contributed by atoms with van der Waals surface area (Å²) in [5, 5.41) is 0. The van der Waals surface area contributed by atoms with E-state index in [9.17, 15) is 0 Å². The van der Waals surface area contributed by atoms with Gasteiger partial charge in [0.25, 0.3) is 5.79 Å². The zero-order valence-corrected chi connectivity index (χ0v) is 7.91. The highest BCUT2D eigenvalue weighted by atomic mass is 17.4. The summed E-state index contributed by atoms with van der Waals surface area (Å²) < 4.78 is 0. The average Bonchev–Trinajstić information content (AvgIpc) is 2.86. The highest BCUT2D eigenvalue weighted by Gasteiger charge is 2.50. The van der Waals surface area contributed by atoms with Crippen LogP contribution < -0.4 is 0 Å². The molecule has 0 bridgehead atoms. The van der Waals surface area contributed by atoms with E-state index in [-0.39, 0.29) is 0 Å². The molecule has 13 heavy (non-hydrogen) atoms. The van der Waals surface area contributed by atoms with Crippen LogP contribution in [0.15, 0.2) is 30.3 Å². The third kappa shape index (κ3) is 1.74. The third-order valence-electron chi connectivity index (χ3n) is 2.08. The molecule has 0 aliphatic carbocycles. The van der Waals surface area contributed by atoms with Gasteiger partial charge in [0.1, 0.15) is 0 Å². The lowest BCUT2D eigenvalue weighted by molar-refractivity contribution is 0.0850.